The van der Waals surface area contributed by atoms with Crippen LogP contribution in [0, 0.1) is 0 Å². The summed E-state index contributed by atoms with van der Waals surface area (Å²) in [6.07, 6.45) is 1.26. The number of rotatable bonds is 6. The van der Waals surface area contributed by atoms with Crippen molar-refractivity contribution in [3.63, 3.8) is 0 Å². The Morgan fingerprint density at radius 2 is 1.13 bits per heavy atom. The number of hydrogen-bond acceptors (Lipinski definition) is 7. The smallest absolute Gasteiger partial charge is 0.295 e. The van der Waals surface area contributed by atoms with Crippen molar-refractivity contribution in [3.8, 4) is 5.75 Å². The number of phenolic OH excluding ortho intramolecular Hbond substituents is 1. The van der Waals surface area contributed by atoms with Crippen LogP contribution in [-0.2, 0) is 30.4 Å². The first-order valence-corrected chi connectivity index (χ1v) is 15.1. The minimum atomic E-state index is -5.21. The maximum absolute atomic E-state index is 12.9. The van der Waals surface area contributed by atoms with E-state index in [1.807, 2.05) is 0 Å². The largest absolute Gasteiger partial charge is 0.507 e. The highest BCUT2D eigenvalue weighted by Gasteiger charge is 2.35. The molecule has 5 aromatic carbocycles. The van der Waals surface area contributed by atoms with Crippen LogP contribution in [0.25, 0.3) is 32.3 Å². The molecule has 0 radical (unpaired) electrons. The van der Waals surface area contributed by atoms with E-state index in [-0.39, 0.29) is 32.3 Å². The molecule has 0 spiro atoms. The second-order valence-electron chi connectivity index (χ2n) is 8.59. The maximum atomic E-state index is 12.9. The summed E-state index contributed by atoms with van der Waals surface area (Å²) in [5.41, 5.74) is -0.0715. The van der Waals surface area contributed by atoms with Crippen molar-refractivity contribution >= 4 is 62.7 Å². The van der Waals surface area contributed by atoms with Crippen LogP contribution < -0.4 is 0 Å². The van der Waals surface area contributed by atoms with Crippen molar-refractivity contribution in [2.75, 3.05) is 0 Å². The highest BCUT2D eigenvalue weighted by atomic mass is 32.2. The summed E-state index contributed by atoms with van der Waals surface area (Å²) in [6.45, 7) is 3.71. The normalized spacial score (nSPS) is 13.9. The van der Waals surface area contributed by atoms with Crippen molar-refractivity contribution in [2.24, 2.45) is 0 Å². The molecule has 5 rings (SSSR count). The van der Waals surface area contributed by atoms with Crippen LogP contribution in [0.2, 0.25) is 0 Å². The molecule has 0 saturated carbocycles. The van der Waals surface area contributed by atoms with Gasteiger partial charge in [0.1, 0.15) is 20.4 Å². The maximum Gasteiger partial charge on any atom is 0.295 e. The summed E-state index contributed by atoms with van der Waals surface area (Å²) in [5.74, 6) is -1.74. The predicted octanol–water partition coefficient (Wildman–Crippen LogP) is 4.35. The van der Waals surface area contributed by atoms with Gasteiger partial charge in [-0.05, 0) is 11.6 Å². The van der Waals surface area contributed by atoms with Gasteiger partial charge in [0.25, 0.3) is 30.4 Å². The highest BCUT2D eigenvalue weighted by molar-refractivity contribution is 7.87. The van der Waals surface area contributed by atoms with Gasteiger partial charge in [-0.15, -0.1) is 6.58 Å². The molecule has 0 heterocycles. The summed E-state index contributed by atoms with van der Waals surface area (Å²) >= 11 is 0. The van der Waals surface area contributed by atoms with Gasteiger partial charge < -0.3 is 5.11 Å². The number of hydrogen-bond donors (Lipinski definition) is 4. The van der Waals surface area contributed by atoms with E-state index in [2.05, 4.69) is 6.58 Å². The fourth-order valence-electron chi connectivity index (χ4n) is 5.10. The molecule has 0 fully saturated rings. The van der Waals surface area contributed by atoms with Gasteiger partial charge >= 0.3 is 0 Å². The molecule has 10 nitrogen and oxygen atoms in total. The van der Waals surface area contributed by atoms with Gasteiger partial charge in [0, 0.05) is 49.9 Å². The van der Waals surface area contributed by atoms with Gasteiger partial charge in [-0.25, -0.2) is 0 Å². The van der Waals surface area contributed by atoms with Gasteiger partial charge in [-0.3, -0.25) is 13.7 Å². The standard InChI is InChI=1S/C25H18O10S3/c1-2-14(13-6-4-3-5-7-13)23-24(37(30,31)32)17-10-8-15-19(26)12-20(36(27,28)29)16-9-11-18(22(17)21(15)16)25(23)38(33,34)35/h2-12,14,26H,1H2,(H,27,28,29)(H,30,31,32)(H,33,34,35). The molecular formula is C25H18O10S3. The Hall–Kier alpha value is -3.59. The van der Waals surface area contributed by atoms with Crippen LogP contribution in [0.1, 0.15) is 17.0 Å². The van der Waals surface area contributed by atoms with Crippen molar-refractivity contribution in [2.45, 2.75) is 20.6 Å². The molecule has 5 aromatic rings. The van der Waals surface area contributed by atoms with Crippen LogP contribution in [0.3, 0.4) is 0 Å². The van der Waals surface area contributed by atoms with Crippen LogP contribution >= 0.6 is 0 Å². The number of phenols is 1. The summed E-state index contributed by atoms with van der Waals surface area (Å²) in [7, 11) is -15.3. The Labute approximate surface area is 217 Å². The zero-order valence-electron chi connectivity index (χ0n) is 19.1. The lowest BCUT2D eigenvalue weighted by Gasteiger charge is -2.24. The molecule has 0 aliphatic heterocycles. The fraction of sp³-hybridized carbons (Fsp3) is 0.0400. The minimum absolute atomic E-state index is 0.00385. The van der Waals surface area contributed by atoms with E-state index in [0.717, 1.165) is 12.1 Å². The third kappa shape index (κ3) is 3.91. The van der Waals surface area contributed by atoms with E-state index in [4.69, 9.17) is 0 Å². The molecule has 38 heavy (non-hydrogen) atoms. The van der Waals surface area contributed by atoms with E-state index in [9.17, 15) is 44.0 Å². The molecule has 1 unspecified atom stereocenters. The van der Waals surface area contributed by atoms with Gasteiger partial charge in [-0.2, -0.15) is 25.3 Å². The van der Waals surface area contributed by atoms with E-state index in [1.165, 1.54) is 24.3 Å². The second kappa shape index (κ2) is 8.46. The Kier molecular flexibility index (Phi) is 5.80. The Balaban J connectivity index is 2.18. The van der Waals surface area contributed by atoms with Gasteiger partial charge in [0.2, 0.25) is 0 Å². The van der Waals surface area contributed by atoms with E-state index in [0.29, 0.717) is 5.56 Å². The number of benzene rings is 5. The second-order valence-corrected chi connectivity index (χ2v) is 12.7. The molecule has 0 bridgehead atoms. The average molecular weight is 575 g/mol. The van der Waals surface area contributed by atoms with Crippen molar-refractivity contribution in [1.29, 1.82) is 0 Å². The van der Waals surface area contributed by atoms with Crippen LogP contribution in [0.15, 0.2) is 88.0 Å². The fourth-order valence-corrected chi connectivity index (χ4v) is 7.78. The minimum Gasteiger partial charge on any atom is -0.507 e. The van der Waals surface area contributed by atoms with Gasteiger partial charge in [0.15, 0.2) is 0 Å². The van der Waals surface area contributed by atoms with E-state index in [1.54, 1.807) is 30.3 Å². The summed E-state index contributed by atoms with van der Waals surface area (Å²) in [6, 6.07) is 13.7. The SMILES string of the molecule is C=CC(c1ccccc1)c1c(S(=O)(=O)O)c2ccc3c(O)cc(S(=O)(=O)O)c4ccc(c1S(=O)(=O)O)c2c34. The lowest BCUT2D eigenvalue weighted by atomic mass is 9.86. The monoisotopic (exact) mass is 574 g/mol. The Bertz CT molecular complexity index is 2060. The molecule has 0 aliphatic rings. The van der Waals surface area contributed by atoms with Gasteiger partial charge in [-0.1, -0.05) is 54.6 Å². The molecule has 0 aromatic heterocycles. The van der Waals surface area contributed by atoms with Crippen LogP contribution in [0.4, 0.5) is 0 Å². The summed E-state index contributed by atoms with van der Waals surface area (Å²) in [4.78, 5) is -2.41. The zero-order chi connectivity index (χ0) is 27.8. The average Bonchev–Trinajstić information content (AvgIpc) is 2.81. The predicted molar refractivity (Wildman–Crippen MR) is 140 cm³/mol. The zero-order valence-corrected chi connectivity index (χ0v) is 21.5. The molecule has 196 valence electrons. The van der Waals surface area contributed by atoms with Gasteiger partial charge in [0.05, 0.1) is 0 Å². The molecule has 13 heteroatoms. The Morgan fingerprint density at radius 1 is 0.658 bits per heavy atom. The van der Waals surface area contributed by atoms with Crippen LogP contribution in [-0.4, -0.2) is 44.0 Å². The van der Waals surface area contributed by atoms with Crippen molar-refractivity contribution in [1.82, 2.24) is 0 Å². The molecule has 0 aliphatic carbocycles. The molecule has 1 atom stereocenters. The first kappa shape index (κ1) is 26.0. The Morgan fingerprint density at radius 3 is 1.61 bits per heavy atom. The first-order valence-electron chi connectivity index (χ1n) is 10.8. The molecule has 4 N–H and O–H groups in total. The first-order chi connectivity index (χ1) is 17.7. The molecule has 0 saturated heterocycles. The van der Waals surface area contributed by atoms with E-state index >= 15 is 0 Å². The third-order valence-corrected chi connectivity index (χ3v) is 9.25. The molecule has 0 amide bonds. The van der Waals surface area contributed by atoms with Crippen molar-refractivity contribution in [3.05, 3.63) is 84.4 Å². The lowest BCUT2D eigenvalue weighted by Crippen LogP contribution is -2.15. The topological polar surface area (TPSA) is 183 Å². The number of aromatic hydroxyl groups is 1. The van der Waals surface area contributed by atoms with E-state index < -0.39 is 62.3 Å². The third-order valence-electron chi connectivity index (χ3n) is 6.45. The van der Waals surface area contributed by atoms with Crippen molar-refractivity contribution < 1.29 is 44.0 Å². The summed E-state index contributed by atoms with van der Waals surface area (Å²) in [5, 5.41) is 9.69. The van der Waals surface area contributed by atoms with Crippen LogP contribution in [0.5, 0.6) is 5.75 Å². The quantitative estimate of drug-likeness (QED) is 0.129. The lowest BCUT2D eigenvalue weighted by molar-refractivity contribution is 0.471. The summed E-state index contributed by atoms with van der Waals surface area (Å²) < 4.78 is 106. The highest BCUT2D eigenvalue weighted by Crippen LogP contribution is 2.48. The number of allylic oxidation sites excluding steroid dienone is 1. The molecular weight excluding hydrogens is 556 g/mol.